The zero-order valence-corrected chi connectivity index (χ0v) is 10.4. The van der Waals surface area contributed by atoms with E-state index in [2.05, 4.69) is 0 Å². The number of nitro benzene ring substituents is 1. The number of hydrogen-bond donors (Lipinski definition) is 0. The van der Waals surface area contributed by atoms with E-state index in [4.69, 9.17) is 9.47 Å². The van der Waals surface area contributed by atoms with Gasteiger partial charge >= 0.3 is 5.69 Å². The van der Waals surface area contributed by atoms with Crippen molar-refractivity contribution in [1.82, 2.24) is 0 Å². The molecule has 0 unspecified atom stereocenters. The Morgan fingerprint density at radius 1 is 1.11 bits per heavy atom. The molecule has 0 aliphatic carbocycles. The molecule has 19 heavy (non-hydrogen) atoms. The minimum atomic E-state index is -0.455. The minimum absolute atomic E-state index is 0.0315. The van der Waals surface area contributed by atoms with Gasteiger partial charge in [0, 0.05) is 6.07 Å². The fraction of sp³-hybridized carbons (Fsp3) is 0.143. The second kappa shape index (κ2) is 5.86. The van der Waals surface area contributed by atoms with Gasteiger partial charge in [-0.25, -0.2) is 0 Å². The average molecular weight is 259 g/mol. The van der Waals surface area contributed by atoms with E-state index < -0.39 is 4.92 Å². The average Bonchev–Trinajstić information content (AvgIpc) is 2.46. The molecule has 0 heterocycles. The van der Waals surface area contributed by atoms with E-state index >= 15 is 0 Å². The van der Waals surface area contributed by atoms with Crippen LogP contribution in [0.4, 0.5) is 5.69 Å². The predicted molar refractivity (Wildman–Crippen MR) is 70.4 cm³/mol. The molecule has 0 N–H and O–H groups in total. The number of benzene rings is 2. The van der Waals surface area contributed by atoms with Crippen molar-refractivity contribution in [2.75, 3.05) is 7.11 Å². The lowest BCUT2D eigenvalue weighted by Gasteiger charge is -2.07. The van der Waals surface area contributed by atoms with Crippen molar-refractivity contribution in [3.05, 3.63) is 64.2 Å². The maximum atomic E-state index is 10.8. The van der Waals surface area contributed by atoms with Gasteiger partial charge in [0.2, 0.25) is 0 Å². The Labute approximate surface area is 110 Å². The summed E-state index contributed by atoms with van der Waals surface area (Å²) in [5, 5.41) is 10.8. The molecule has 0 aliphatic rings. The molecule has 2 aromatic carbocycles. The van der Waals surface area contributed by atoms with Crippen molar-refractivity contribution in [2.45, 2.75) is 6.61 Å². The van der Waals surface area contributed by atoms with Crippen LogP contribution in [0, 0.1) is 10.1 Å². The Morgan fingerprint density at radius 2 is 1.79 bits per heavy atom. The third-order valence-corrected chi connectivity index (χ3v) is 2.62. The Hall–Kier alpha value is -2.56. The highest BCUT2D eigenvalue weighted by Gasteiger charge is 2.13. The van der Waals surface area contributed by atoms with Crippen LogP contribution in [0.25, 0.3) is 0 Å². The van der Waals surface area contributed by atoms with Crippen LogP contribution in [-0.2, 0) is 6.61 Å². The highest BCUT2D eigenvalue weighted by molar-refractivity contribution is 5.45. The van der Waals surface area contributed by atoms with Gasteiger partial charge in [-0.1, -0.05) is 24.3 Å². The molecule has 2 aromatic rings. The number of para-hydroxylation sites is 2. The molecule has 0 aliphatic heterocycles. The quantitative estimate of drug-likeness (QED) is 0.611. The van der Waals surface area contributed by atoms with Crippen LogP contribution in [0.5, 0.6) is 11.5 Å². The maximum absolute atomic E-state index is 10.8. The van der Waals surface area contributed by atoms with Gasteiger partial charge in [-0.05, 0) is 23.8 Å². The lowest BCUT2D eigenvalue weighted by atomic mass is 10.2. The van der Waals surface area contributed by atoms with Gasteiger partial charge in [-0.2, -0.15) is 0 Å². The lowest BCUT2D eigenvalue weighted by molar-refractivity contribution is -0.385. The molecule has 5 nitrogen and oxygen atoms in total. The van der Waals surface area contributed by atoms with Crippen LogP contribution in [0.1, 0.15) is 5.56 Å². The minimum Gasteiger partial charge on any atom is -0.497 e. The molecule has 0 bridgehead atoms. The van der Waals surface area contributed by atoms with E-state index in [1.807, 2.05) is 24.3 Å². The number of nitrogens with zero attached hydrogens (tertiary/aromatic N) is 1. The first-order valence-corrected chi connectivity index (χ1v) is 5.70. The molecule has 98 valence electrons. The summed E-state index contributed by atoms with van der Waals surface area (Å²) < 4.78 is 10.5. The molecular weight excluding hydrogens is 246 g/mol. The predicted octanol–water partition coefficient (Wildman–Crippen LogP) is 3.18. The van der Waals surface area contributed by atoms with E-state index in [0.717, 1.165) is 11.3 Å². The Kier molecular flexibility index (Phi) is 3.97. The van der Waals surface area contributed by atoms with Crippen molar-refractivity contribution in [1.29, 1.82) is 0 Å². The standard InChI is InChI=1S/C14H13NO4/c1-18-12-8-6-11(7-9-12)10-19-14-5-3-2-4-13(14)15(16)17/h2-9H,10H2,1H3. The summed E-state index contributed by atoms with van der Waals surface area (Å²) in [6, 6.07) is 13.7. The molecule has 0 spiro atoms. The first kappa shape index (κ1) is 12.9. The van der Waals surface area contributed by atoms with Gasteiger partial charge in [0.15, 0.2) is 5.75 Å². The van der Waals surface area contributed by atoms with Gasteiger partial charge in [-0.3, -0.25) is 10.1 Å². The van der Waals surface area contributed by atoms with Crippen molar-refractivity contribution < 1.29 is 14.4 Å². The normalized spacial score (nSPS) is 9.95. The summed E-state index contributed by atoms with van der Waals surface area (Å²) in [6.45, 7) is 0.273. The number of nitro groups is 1. The van der Waals surface area contributed by atoms with E-state index in [1.165, 1.54) is 6.07 Å². The topological polar surface area (TPSA) is 61.6 Å². The number of methoxy groups -OCH3 is 1. The summed E-state index contributed by atoms with van der Waals surface area (Å²) in [5.74, 6) is 1.03. The van der Waals surface area contributed by atoms with Gasteiger partial charge in [0.1, 0.15) is 12.4 Å². The van der Waals surface area contributed by atoms with E-state index in [0.29, 0.717) is 0 Å². The van der Waals surface area contributed by atoms with Crippen LogP contribution in [-0.4, -0.2) is 12.0 Å². The first-order valence-electron chi connectivity index (χ1n) is 5.70. The van der Waals surface area contributed by atoms with E-state index in [1.54, 1.807) is 25.3 Å². The molecule has 5 heteroatoms. The molecule has 0 radical (unpaired) electrons. The molecule has 0 fully saturated rings. The van der Waals surface area contributed by atoms with Crippen LogP contribution in [0.3, 0.4) is 0 Å². The second-order valence-electron chi connectivity index (χ2n) is 3.86. The van der Waals surface area contributed by atoms with Gasteiger partial charge in [0.25, 0.3) is 0 Å². The largest absolute Gasteiger partial charge is 0.497 e. The molecular formula is C14H13NO4. The van der Waals surface area contributed by atoms with Crippen molar-refractivity contribution in [3.63, 3.8) is 0 Å². The Balaban J connectivity index is 2.07. The summed E-state index contributed by atoms with van der Waals surface area (Å²) >= 11 is 0. The smallest absolute Gasteiger partial charge is 0.310 e. The third kappa shape index (κ3) is 3.22. The molecule has 2 rings (SSSR count). The van der Waals surface area contributed by atoms with Gasteiger partial charge in [0.05, 0.1) is 12.0 Å². The number of ether oxygens (including phenoxy) is 2. The Morgan fingerprint density at radius 3 is 2.42 bits per heavy atom. The highest BCUT2D eigenvalue weighted by Crippen LogP contribution is 2.26. The van der Waals surface area contributed by atoms with Crippen molar-refractivity contribution in [3.8, 4) is 11.5 Å². The second-order valence-corrected chi connectivity index (χ2v) is 3.86. The zero-order chi connectivity index (χ0) is 13.7. The molecule has 0 saturated heterocycles. The third-order valence-electron chi connectivity index (χ3n) is 2.62. The first-order chi connectivity index (χ1) is 9.20. The van der Waals surface area contributed by atoms with E-state index in [9.17, 15) is 10.1 Å². The monoisotopic (exact) mass is 259 g/mol. The van der Waals surface area contributed by atoms with Crippen molar-refractivity contribution >= 4 is 5.69 Å². The summed E-state index contributed by atoms with van der Waals surface area (Å²) in [7, 11) is 1.60. The van der Waals surface area contributed by atoms with E-state index in [-0.39, 0.29) is 18.0 Å². The van der Waals surface area contributed by atoms with Crippen LogP contribution in [0.2, 0.25) is 0 Å². The zero-order valence-electron chi connectivity index (χ0n) is 10.4. The molecule has 0 atom stereocenters. The number of rotatable bonds is 5. The fourth-order valence-electron chi connectivity index (χ4n) is 1.61. The van der Waals surface area contributed by atoms with Crippen LogP contribution >= 0.6 is 0 Å². The van der Waals surface area contributed by atoms with Gasteiger partial charge < -0.3 is 9.47 Å². The van der Waals surface area contributed by atoms with Crippen LogP contribution < -0.4 is 9.47 Å². The van der Waals surface area contributed by atoms with Gasteiger partial charge in [-0.15, -0.1) is 0 Å². The maximum Gasteiger partial charge on any atom is 0.310 e. The lowest BCUT2D eigenvalue weighted by Crippen LogP contribution is -1.98. The highest BCUT2D eigenvalue weighted by atomic mass is 16.6. The summed E-state index contributed by atoms with van der Waals surface area (Å²) in [4.78, 5) is 10.4. The Bertz CT molecular complexity index is 566. The molecule has 0 aromatic heterocycles. The van der Waals surface area contributed by atoms with Crippen molar-refractivity contribution in [2.24, 2.45) is 0 Å². The molecule has 0 saturated carbocycles. The summed E-state index contributed by atoms with van der Waals surface area (Å²) in [5.41, 5.74) is 0.884. The summed E-state index contributed by atoms with van der Waals surface area (Å²) in [6.07, 6.45) is 0. The number of hydrogen-bond acceptors (Lipinski definition) is 4. The SMILES string of the molecule is COc1ccc(COc2ccccc2[N+](=O)[O-])cc1. The molecule has 0 amide bonds. The fourth-order valence-corrected chi connectivity index (χ4v) is 1.61. The van der Waals surface area contributed by atoms with Crippen LogP contribution in [0.15, 0.2) is 48.5 Å².